The molecule has 0 bridgehead atoms. The van der Waals surface area contributed by atoms with Crippen molar-refractivity contribution >= 4 is 27.3 Å². The van der Waals surface area contributed by atoms with Crippen LogP contribution in [0.2, 0.25) is 0 Å². The Morgan fingerprint density at radius 3 is 3.00 bits per heavy atom. The first-order valence-electron chi connectivity index (χ1n) is 6.31. The quantitative estimate of drug-likeness (QED) is 0.885. The molecule has 4 heteroatoms. The largest absolute Gasteiger partial charge is 0.378 e. The van der Waals surface area contributed by atoms with Crippen molar-refractivity contribution in [1.82, 2.24) is 5.32 Å². The monoisotopic (exact) mass is 317 g/mol. The zero-order valence-corrected chi connectivity index (χ0v) is 12.9. The van der Waals surface area contributed by atoms with E-state index in [0.717, 1.165) is 19.6 Å². The Kier molecular flexibility index (Phi) is 5.03. The Morgan fingerprint density at radius 1 is 1.65 bits per heavy atom. The van der Waals surface area contributed by atoms with Gasteiger partial charge in [0, 0.05) is 17.5 Å². The molecule has 1 saturated heterocycles. The van der Waals surface area contributed by atoms with E-state index in [0.29, 0.717) is 12.1 Å². The lowest BCUT2D eigenvalue weighted by Crippen LogP contribution is -2.24. The second-order valence-corrected chi connectivity index (χ2v) is 6.99. The lowest BCUT2D eigenvalue weighted by atomic mass is 10.0. The van der Waals surface area contributed by atoms with E-state index in [4.69, 9.17) is 4.74 Å². The maximum absolute atomic E-state index is 5.74. The summed E-state index contributed by atoms with van der Waals surface area (Å²) < 4.78 is 6.99. The molecule has 0 spiro atoms. The molecule has 1 aliphatic rings. The van der Waals surface area contributed by atoms with Gasteiger partial charge in [-0.1, -0.05) is 6.92 Å². The van der Waals surface area contributed by atoms with E-state index < -0.39 is 0 Å². The van der Waals surface area contributed by atoms with Crippen LogP contribution in [-0.4, -0.2) is 19.3 Å². The van der Waals surface area contributed by atoms with Crippen LogP contribution in [0.1, 0.15) is 42.7 Å². The van der Waals surface area contributed by atoms with E-state index in [9.17, 15) is 0 Å². The zero-order chi connectivity index (χ0) is 12.3. The van der Waals surface area contributed by atoms with E-state index in [-0.39, 0.29) is 0 Å². The Balaban J connectivity index is 2.04. The molecule has 0 aliphatic carbocycles. The van der Waals surface area contributed by atoms with Gasteiger partial charge in [-0.25, -0.2) is 0 Å². The summed E-state index contributed by atoms with van der Waals surface area (Å²) >= 11 is 5.45. The molecule has 1 fully saturated rings. The maximum atomic E-state index is 5.74. The molecule has 2 atom stereocenters. The average molecular weight is 318 g/mol. The summed E-state index contributed by atoms with van der Waals surface area (Å²) in [7, 11) is 0. The fraction of sp³-hybridized carbons (Fsp3) is 0.692. The smallest absolute Gasteiger partial charge is 0.0731 e. The van der Waals surface area contributed by atoms with Crippen LogP contribution in [0, 0.1) is 6.92 Å². The summed E-state index contributed by atoms with van der Waals surface area (Å²) in [6.45, 7) is 6.26. The molecule has 2 nitrogen and oxygen atoms in total. The minimum Gasteiger partial charge on any atom is -0.378 e. The van der Waals surface area contributed by atoms with Crippen LogP contribution in [0.3, 0.4) is 0 Å². The highest BCUT2D eigenvalue weighted by Gasteiger charge is 2.22. The number of ether oxygens (including phenoxy) is 1. The summed E-state index contributed by atoms with van der Waals surface area (Å²) in [5.41, 5.74) is 1.33. The summed E-state index contributed by atoms with van der Waals surface area (Å²) in [5, 5.41) is 3.58. The van der Waals surface area contributed by atoms with E-state index >= 15 is 0 Å². The fourth-order valence-corrected chi connectivity index (χ4v) is 3.95. The molecular weight excluding hydrogens is 298 g/mol. The number of thiophene rings is 1. The highest BCUT2D eigenvalue weighted by Crippen LogP contribution is 2.34. The van der Waals surface area contributed by atoms with Crippen molar-refractivity contribution in [1.29, 1.82) is 0 Å². The minimum absolute atomic E-state index is 0.443. The van der Waals surface area contributed by atoms with Crippen molar-refractivity contribution in [2.24, 2.45) is 0 Å². The molecule has 2 rings (SSSR count). The summed E-state index contributed by atoms with van der Waals surface area (Å²) in [6.07, 6.45) is 3.98. The zero-order valence-electron chi connectivity index (χ0n) is 10.5. The first kappa shape index (κ1) is 13.5. The summed E-state index contributed by atoms with van der Waals surface area (Å²) in [5.74, 6) is 0. The molecule has 1 N–H and O–H groups in total. The highest BCUT2D eigenvalue weighted by atomic mass is 79.9. The Bertz CT molecular complexity index is 341. The molecule has 1 aromatic rings. The molecule has 0 aromatic carbocycles. The number of halogens is 1. The fourth-order valence-electron chi connectivity index (χ4n) is 2.29. The number of aryl methyl sites for hydroxylation is 1. The van der Waals surface area contributed by atoms with Crippen LogP contribution in [-0.2, 0) is 4.74 Å². The van der Waals surface area contributed by atoms with Crippen LogP contribution >= 0.6 is 27.3 Å². The third-order valence-electron chi connectivity index (χ3n) is 3.19. The molecule has 0 radical (unpaired) electrons. The number of hydrogen-bond acceptors (Lipinski definition) is 3. The molecule has 2 heterocycles. The van der Waals surface area contributed by atoms with Gasteiger partial charge in [0.15, 0.2) is 0 Å². The van der Waals surface area contributed by atoms with Crippen LogP contribution in [0.5, 0.6) is 0 Å². The summed E-state index contributed by atoms with van der Waals surface area (Å²) in [4.78, 5) is 1.42. The average Bonchev–Trinajstić information content (AvgIpc) is 2.90. The standard InChI is InChI=1S/C13H20BrNOS/c1-3-15-11(8-10-5-4-6-16-10)12-7-9(2)13(14)17-12/h7,10-11,15H,3-6,8H2,1-2H3. The molecule has 17 heavy (non-hydrogen) atoms. The van der Waals surface area contributed by atoms with Gasteiger partial charge < -0.3 is 10.1 Å². The van der Waals surface area contributed by atoms with Crippen LogP contribution < -0.4 is 5.32 Å². The van der Waals surface area contributed by atoms with Gasteiger partial charge in [-0.15, -0.1) is 11.3 Å². The number of nitrogens with one attached hydrogen (secondary N) is 1. The Hall–Kier alpha value is 0.1000. The maximum Gasteiger partial charge on any atom is 0.0731 e. The molecule has 96 valence electrons. The van der Waals surface area contributed by atoms with Crippen molar-refractivity contribution < 1.29 is 4.74 Å². The molecule has 1 aliphatic heterocycles. The minimum atomic E-state index is 0.443. The van der Waals surface area contributed by atoms with Crippen LogP contribution in [0.25, 0.3) is 0 Å². The Labute approximate surface area is 116 Å². The van der Waals surface area contributed by atoms with Crippen molar-refractivity contribution in [3.05, 3.63) is 20.3 Å². The molecular formula is C13H20BrNOS. The predicted molar refractivity (Wildman–Crippen MR) is 76.8 cm³/mol. The van der Waals surface area contributed by atoms with Gasteiger partial charge in [-0.05, 0) is 60.3 Å². The van der Waals surface area contributed by atoms with Crippen molar-refractivity contribution in [2.45, 2.75) is 45.3 Å². The SMILES string of the molecule is CCNC(CC1CCCO1)c1cc(C)c(Br)s1. The molecule has 0 saturated carbocycles. The number of rotatable bonds is 5. The van der Waals surface area contributed by atoms with Crippen LogP contribution in [0.15, 0.2) is 9.85 Å². The second-order valence-electron chi connectivity index (χ2n) is 4.59. The van der Waals surface area contributed by atoms with E-state index in [1.54, 1.807) is 0 Å². The van der Waals surface area contributed by atoms with E-state index in [1.807, 2.05) is 11.3 Å². The third-order valence-corrected chi connectivity index (χ3v) is 5.44. The third kappa shape index (κ3) is 3.53. The number of hydrogen-bond donors (Lipinski definition) is 1. The highest BCUT2D eigenvalue weighted by molar-refractivity contribution is 9.11. The van der Waals surface area contributed by atoms with Gasteiger partial charge in [-0.3, -0.25) is 0 Å². The Morgan fingerprint density at radius 2 is 2.47 bits per heavy atom. The van der Waals surface area contributed by atoms with E-state index in [2.05, 4.69) is 41.2 Å². The van der Waals surface area contributed by atoms with Gasteiger partial charge in [0.2, 0.25) is 0 Å². The summed E-state index contributed by atoms with van der Waals surface area (Å²) in [6, 6.07) is 2.73. The first-order chi connectivity index (χ1) is 8.20. The predicted octanol–water partition coefficient (Wildman–Crippen LogP) is 4.04. The van der Waals surface area contributed by atoms with Gasteiger partial charge >= 0.3 is 0 Å². The van der Waals surface area contributed by atoms with Gasteiger partial charge in [0.1, 0.15) is 0 Å². The van der Waals surface area contributed by atoms with Crippen molar-refractivity contribution in [3.8, 4) is 0 Å². The normalized spacial score (nSPS) is 21.9. The first-order valence-corrected chi connectivity index (χ1v) is 7.92. The lowest BCUT2D eigenvalue weighted by molar-refractivity contribution is 0.0951. The van der Waals surface area contributed by atoms with Gasteiger partial charge in [0.05, 0.1) is 9.89 Å². The topological polar surface area (TPSA) is 21.3 Å². The van der Waals surface area contributed by atoms with Crippen LogP contribution in [0.4, 0.5) is 0 Å². The van der Waals surface area contributed by atoms with E-state index in [1.165, 1.54) is 27.1 Å². The molecule has 2 unspecified atom stereocenters. The lowest BCUT2D eigenvalue weighted by Gasteiger charge is -2.20. The van der Waals surface area contributed by atoms with Crippen molar-refractivity contribution in [2.75, 3.05) is 13.2 Å². The van der Waals surface area contributed by atoms with Crippen molar-refractivity contribution in [3.63, 3.8) is 0 Å². The second kappa shape index (κ2) is 6.32. The van der Waals surface area contributed by atoms with Gasteiger partial charge in [0.25, 0.3) is 0 Å². The molecule has 0 amide bonds. The molecule has 1 aromatic heterocycles. The van der Waals surface area contributed by atoms with Gasteiger partial charge in [-0.2, -0.15) is 0 Å².